The van der Waals surface area contributed by atoms with Gasteiger partial charge in [0.25, 0.3) is 0 Å². The lowest BCUT2D eigenvalue weighted by Gasteiger charge is -2.64. The van der Waals surface area contributed by atoms with Crippen molar-refractivity contribution in [2.24, 2.45) is 0 Å². The van der Waals surface area contributed by atoms with Crippen molar-refractivity contribution in [3.8, 4) is 0 Å². The zero-order valence-corrected chi connectivity index (χ0v) is 13.2. The molecule has 4 fully saturated rings. The zero-order chi connectivity index (χ0) is 11.8. The van der Waals surface area contributed by atoms with Crippen LogP contribution < -0.4 is 0 Å². The van der Waals surface area contributed by atoms with Crippen LogP contribution in [0.2, 0.25) is 0 Å². The molecule has 4 rings (SSSR count). The lowest BCUT2D eigenvalue weighted by atomic mass is 10.2. The van der Waals surface area contributed by atoms with E-state index in [9.17, 15) is 9.90 Å². The van der Waals surface area contributed by atoms with E-state index in [1.807, 2.05) is 23.5 Å². The first kappa shape index (κ1) is 12.3. The molecule has 0 aliphatic carbocycles. The zero-order valence-electron chi connectivity index (χ0n) is 9.10. The van der Waals surface area contributed by atoms with Crippen LogP contribution >= 0.6 is 58.8 Å². The quantitative estimate of drug-likeness (QED) is 0.786. The molecule has 4 bridgehead atoms. The van der Waals surface area contributed by atoms with Crippen LogP contribution in [0.4, 0.5) is 0 Å². The van der Waals surface area contributed by atoms with Gasteiger partial charge in [-0.15, -0.1) is 47.0 Å². The van der Waals surface area contributed by atoms with Crippen LogP contribution in [0.25, 0.3) is 0 Å². The van der Waals surface area contributed by atoms with Crippen molar-refractivity contribution >= 4 is 64.8 Å². The standard InChI is InChI=1S/C9H12O2S5/c1-6-4-7(2)13-8(3,12-6)16-9(14-6,15-7)5(10)11/h4H2,1-3H3,(H,10,11)/t6-,7+,8?,9?. The Bertz CT molecular complexity index is 331. The molecule has 1 N–H and O–H groups in total. The largest absolute Gasteiger partial charge is 0.479 e. The summed E-state index contributed by atoms with van der Waals surface area (Å²) in [4.78, 5) is 11.6. The third kappa shape index (κ3) is 1.65. The Balaban J connectivity index is 2.11. The second-order valence-electron chi connectivity index (χ2n) is 4.68. The smallest absolute Gasteiger partial charge is 0.340 e. The molecule has 4 heterocycles. The molecular formula is C9H12O2S5. The van der Waals surface area contributed by atoms with Crippen molar-refractivity contribution in [3.63, 3.8) is 0 Å². The molecule has 90 valence electrons. The van der Waals surface area contributed by atoms with Gasteiger partial charge in [0, 0.05) is 0 Å². The molecule has 4 aliphatic rings. The van der Waals surface area contributed by atoms with E-state index < -0.39 is 9.38 Å². The summed E-state index contributed by atoms with van der Waals surface area (Å²) in [6, 6.07) is 0. The van der Waals surface area contributed by atoms with Gasteiger partial charge >= 0.3 is 5.97 Å². The normalized spacial score (nSPS) is 58.9. The minimum absolute atomic E-state index is 0.00333. The maximum absolute atomic E-state index is 11.6. The fourth-order valence-electron chi connectivity index (χ4n) is 2.62. The van der Waals surface area contributed by atoms with Crippen LogP contribution in [0.15, 0.2) is 0 Å². The number of aliphatic carboxylic acids is 1. The first-order valence-corrected chi connectivity index (χ1v) is 9.01. The van der Waals surface area contributed by atoms with Crippen LogP contribution in [0, 0.1) is 0 Å². The topological polar surface area (TPSA) is 37.3 Å². The molecule has 0 radical (unpaired) electrons. The summed E-state index contributed by atoms with van der Waals surface area (Å²) < 4.78 is -0.572. The average Bonchev–Trinajstić information content (AvgIpc) is 1.92. The third-order valence-corrected chi connectivity index (χ3v) is 11.5. The van der Waals surface area contributed by atoms with Gasteiger partial charge in [-0.25, -0.2) is 4.79 Å². The molecule has 0 aromatic rings. The molecular weight excluding hydrogens is 300 g/mol. The first-order chi connectivity index (χ1) is 7.19. The van der Waals surface area contributed by atoms with Crippen LogP contribution in [0.1, 0.15) is 27.2 Å². The highest BCUT2D eigenvalue weighted by Crippen LogP contribution is 2.84. The van der Waals surface area contributed by atoms with E-state index in [1.165, 1.54) is 0 Å². The van der Waals surface area contributed by atoms with Gasteiger partial charge in [0.2, 0.25) is 3.41 Å². The number of hydrogen-bond donors (Lipinski definition) is 1. The summed E-state index contributed by atoms with van der Waals surface area (Å²) in [5.41, 5.74) is 0. The minimum Gasteiger partial charge on any atom is -0.479 e. The lowest BCUT2D eigenvalue weighted by molar-refractivity contribution is -0.135. The molecule has 4 aliphatic heterocycles. The third-order valence-electron chi connectivity index (χ3n) is 2.73. The Kier molecular flexibility index (Phi) is 2.46. The summed E-state index contributed by atoms with van der Waals surface area (Å²) in [7, 11) is 0. The Morgan fingerprint density at radius 3 is 1.88 bits per heavy atom. The Hall–Kier alpha value is 1.22. The van der Waals surface area contributed by atoms with Crippen molar-refractivity contribution in [2.45, 2.75) is 42.2 Å². The highest BCUT2D eigenvalue weighted by molar-refractivity contribution is 8.55. The summed E-state index contributed by atoms with van der Waals surface area (Å²) >= 11 is 8.77. The SMILES string of the molecule is CC12SC3(C(=O)O)S[C@@](C)(C[C@](C)(S1)S3)S2. The van der Waals surface area contributed by atoms with Crippen molar-refractivity contribution < 1.29 is 9.90 Å². The van der Waals surface area contributed by atoms with E-state index in [0.29, 0.717) is 0 Å². The summed E-state index contributed by atoms with van der Waals surface area (Å²) in [6.45, 7) is 6.59. The van der Waals surface area contributed by atoms with E-state index in [1.54, 1.807) is 35.3 Å². The molecule has 0 saturated carbocycles. The van der Waals surface area contributed by atoms with Gasteiger partial charge in [-0.05, 0) is 27.2 Å². The number of carbonyl (C=O) groups is 1. The van der Waals surface area contributed by atoms with Gasteiger partial charge < -0.3 is 5.11 Å². The Morgan fingerprint density at radius 2 is 1.50 bits per heavy atom. The molecule has 0 aromatic heterocycles. The number of carboxylic acids is 1. The molecule has 7 heteroatoms. The van der Waals surface area contributed by atoms with Crippen molar-refractivity contribution in [2.75, 3.05) is 0 Å². The van der Waals surface area contributed by atoms with E-state index in [2.05, 4.69) is 20.8 Å². The Labute approximate surface area is 116 Å². The summed E-state index contributed by atoms with van der Waals surface area (Å²) in [5, 5.41) is 9.54. The van der Waals surface area contributed by atoms with E-state index in [4.69, 9.17) is 0 Å². The molecule has 16 heavy (non-hydrogen) atoms. The fraction of sp³-hybridized carbons (Fsp3) is 0.889. The van der Waals surface area contributed by atoms with Gasteiger partial charge in [-0.1, -0.05) is 11.8 Å². The first-order valence-electron chi connectivity index (χ1n) is 4.93. The summed E-state index contributed by atoms with van der Waals surface area (Å²) in [6.07, 6.45) is 1.08. The molecule has 0 aromatic carbocycles. The lowest BCUT2D eigenvalue weighted by Crippen LogP contribution is -2.56. The fourth-order valence-corrected chi connectivity index (χ4v) is 19.0. The van der Waals surface area contributed by atoms with Crippen molar-refractivity contribution in [3.05, 3.63) is 0 Å². The van der Waals surface area contributed by atoms with Crippen LogP contribution in [0.3, 0.4) is 0 Å². The van der Waals surface area contributed by atoms with E-state index >= 15 is 0 Å². The predicted molar refractivity (Wildman–Crippen MR) is 78.2 cm³/mol. The molecule has 2 nitrogen and oxygen atoms in total. The molecule has 0 spiro atoms. The highest BCUT2D eigenvalue weighted by atomic mass is 32.3. The number of carboxylic acid groups (broad SMARTS) is 1. The van der Waals surface area contributed by atoms with Crippen LogP contribution in [-0.2, 0) is 4.79 Å². The van der Waals surface area contributed by atoms with Gasteiger partial charge in [-0.2, -0.15) is 0 Å². The predicted octanol–water partition coefficient (Wildman–Crippen LogP) is 3.93. The molecule has 2 unspecified atom stereocenters. The van der Waals surface area contributed by atoms with Crippen LogP contribution in [-0.4, -0.2) is 26.1 Å². The maximum atomic E-state index is 11.6. The van der Waals surface area contributed by atoms with E-state index in [0.717, 1.165) is 6.42 Å². The van der Waals surface area contributed by atoms with Gasteiger partial charge in [0.1, 0.15) is 3.41 Å². The molecule has 0 amide bonds. The monoisotopic (exact) mass is 312 g/mol. The van der Waals surface area contributed by atoms with E-state index in [-0.39, 0.29) is 11.6 Å². The van der Waals surface area contributed by atoms with Gasteiger partial charge in [0.15, 0.2) is 0 Å². The average molecular weight is 313 g/mol. The number of thioether (sulfide) groups is 5. The molecule has 4 atom stereocenters. The van der Waals surface area contributed by atoms with Crippen molar-refractivity contribution in [1.29, 1.82) is 0 Å². The molecule has 4 saturated heterocycles. The van der Waals surface area contributed by atoms with Gasteiger partial charge in [0.05, 0.1) is 8.16 Å². The minimum atomic E-state index is -0.687. The maximum Gasteiger partial charge on any atom is 0.340 e. The summed E-state index contributed by atoms with van der Waals surface area (Å²) in [5.74, 6) is -0.670. The highest BCUT2D eigenvalue weighted by Gasteiger charge is 2.70. The Morgan fingerprint density at radius 1 is 1.00 bits per heavy atom. The number of rotatable bonds is 1. The second kappa shape index (κ2) is 3.21. The number of hydrogen-bond acceptors (Lipinski definition) is 6. The van der Waals surface area contributed by atoms with Crippen LogP contribution in [0.5, 0.6) is 0 Å². The van der Waals surface area contributed by atoms with Gasteiger partial charge in [-0.3, -0.25) is 0 Å². The second-order valence-corrected chi connectivity index (χ2v) is 15.7. The van der Waals surface area contributed by atoms with Crippen molar-refractivity contribution in [1.82, 2.24) is 0 Å².